The first-order chi connectivity index (χ1) is 7.66. The molecule has 1 N–H and O–H groups in total. The van der Waals surface area contributed by atoms with Gasteiger partial charge in [-0.25, -0.2) is 0 Å². The molecule has 1 aromatic heterocycles. The fourth-order valence-electron chi connectivity index (χ4n) is 2.33. The molecule has 1 saturated heterocycles. The second-order valence-electron chi connectivity index (χ2n) is 4.48. The summed E-state index contributed by atoms with van der Waals surface area (Å²) in [4.78, 5) is 13.4. The van der Waals surface area contributed by atoms with E-state index in [-0.39, 0.29) is 0 Å². The summed E-state index contributed by atoms with van der Waals surface area (Å²) in [5.74, 6) is 0.231. The van der Waals surface area contributed by atoms with Gasteiger partial charge in [0, 0.05) is 6.54 Å². The molecule has 0 bridgehead atoms. The topological polar surface area (TPSA) is 53.7 Å². The van der Waals surface area contributed by atoms with Crippen LogP contribution in [0.3, 0.4) is 0 Å². The molecule has 4 heteroatoms. The zero-order valence-electron chi connectivity index (χ0n) is 9.48. The Kier molecular flexibility index (Phi) is 3.01. The van der Waals surface area contributed by atoms with Crippen molar-refractivity contribution < 1.29 is 14.3 Å². The predicted molar refractivity (Wildman–Crippen MR) is 59.0 cm³/mol. The second kappa shape index (κ2) is 4.29. The SMILES string of the molecule is CCC1(C(=O)O)CCN(Cc2ccco2)C1. The number of hydrogen-bond donors (Lipinski definition) is 1. The molecule has 16 heavy (non-hydrogen) atoms. The van der Waals surface area contributed by atoms with E-state index >= 15 is 0 Å². The van der Waals surface area contributed by atoms with Gasteiger partial charge in [0.15, 0.2) is 0 Å². The highest BCUT2D eigenvalue weighted by Gasteiger charge is 2.43. The molecule has 0 saturated carbocycles. The van der Waals surface area contributed by atoms with Crippen molar-refractivity contribution in [2.24, 2.45) is 5.41 Å². The van der Waals surface area contributed by atoms with Crippen LogP contribution in [0.15, 0.2) is 22.8 Å². The van der Waals surface area contributed by atoms with E-state index in [2.05, 4.69) is 4.90 Å². The summed E-state index contributed by atoms with van der Waals surface area (Å²) in [6, 6.07) is 3.78. The first-order valence-electron chi connectivity index (χ1n) is 5.64. The molecule has 1 aliphatic rings. The molecule has 0 spiro atoms. The number of carboxylic acid groups (broad SMARTS) is 1. The molecule has 2 rings (SSSR count). The molecule has 0 radical (unpaired) electrons. The highest BCUT2D eigenvalue weighted by molar-refractivity contribution is 5.75. The molecule has 0 amide bonds. The molecule has 0 aromatic carbocycles. The zero-order chi connectivity index (χ0) is 11.6. The third kappa shape index (κ3) is 1.97. The van der Waals surface area contributed by atoms with Crippen molar-refractivity contribution in [3.8, 4) is 0 Å². The molecular weight excluding hydrogens is 206 g/mol. The fourth-order valence-corrected chi connectivity index (χ4v) is 2.33. The molecule has 1 aliphatic heterocycles. The van der Waals surface area contributed by atoms with E-state index in [0.29, 0.717) is 19.5 Å². The molecule has 1 aromatic rings. The average molecular weight is 223 g/mol. The van der Waals surface area contributed by atoms with Gasteiger partial charge in [-0.15, -0.1) is 0 Å². The highest BCUT2D eigenvalue weighted by atomic mass is 16.4. The maximum atomic E-state index is 11.3. The Labute approximate surface area is 94.9 Å². The molecule has 4 nitrogen and oxygen atoms in total. The molecule has 1 atom stereocenters. The summed E-state index contributed by atoms with van der Waals surface area (Å²) in [5.41, 5.74) is -0.549. The summed E-state index contributed by atoms with van der Waals surface area (Å²) in [7, 11) is 0. The van der Waals surface area contributed by atoms with Crippen LogP contribution in [0, 0.1) is 5.41 Å². The van der Waals surface area contributed by atoms with Crippen LogP contribution in [0.1, 0.15) is 25.5 Å². The summed E-state index contributed by atoms with van der Waals surface area (Å²) < 4.78 is 5.27. The Morgan fingerprint density at radius 2 is 2.50 bits per heavy atom. The van der Waals surface area contributed by atoms with Gasteiger partial charge in [0.05, 0.1) is 18.2 Å². The van der Waals surface area contributed by atoms with Crippen molar-refractivity contribution in [2.45, 2.75) is 26.3 Å². The van der Waals surface area contributed by atoms with E-state index in [1.54, 1.807) is 6.26 Å². The number of furan rings is 1. The summed E-state index contributed by atoms with van der Waals surface area (Å²) in [6.45, 7) is 4.12. The zero-order valence-corrected chi connectivity index (χ0v) is 9.48. The maximum Gasteiger partial charge on any atom is 0.310 e. The molecular formula is C12H17NO3. The number of likely N-dealkylation sites (tertiary alicyclic amines) is 1. The van der Waals surface area contributed by atoms with Gasteiger partial charge < -0.3 is 9.52 Å². The van der Waals surface area contributed by atoms with Gasteiger partial charge in [-0.3, -0.25) is 9.69 Å². The van der Waals surface area contributed by atoms with Crippen LogP contribution in [0.4, 0.5) is 0 Å². The van der Waals surface area contributed by atoms with Crippen LogP contribution < -0.4 is 0 Å². The molecule has 0 aliphatic carbocycles. The van der Waals surface area contributed by atoms with E-state index in [0.717, 1.165) is 18.7 Å². The number of aliphatic carboxylic acids is 1. The largest absolute Gasteiger partial charge is 0.481 e. The van der Waals surface area contributed by atoms with E-state index in [9.17, 15) is 9.90 Å². The minimum Gasteiger partial charge on any atom is -0.481 e. The standard InChI is InChI=1S/C12H17NO3/c1-2-12(11(14)15)5-6-13(9-12)8-10-4-3-7-16-10/h3-4,7H,2,5-6,8-9H2,1H3,(H,14,15). The number of nitrogens with zero attached hydrogens (tertiary/aromatic N) is 1. The van der Waals surface area contributed by atoms with Crippen LogP contribution >= 0.6 is 0 Å². The van der Waals surface area contributed by atoms with Crippen LogP contribution in [-0.4, -0.2) is 29.1 Å². The van der Waals surface area contributed by atoms with Crippen LogP contribution in [0.2, 0.25) is 0 Å². The lowest BCUT2D eigenvalue weighted by molar-refractivity contribution is -0.148. The maximum absolute atomic E-state index is 11.3. The van der Waals surface area contributed by atoms with E-state index < -0.39 is 11.4 Å². The summed E-state index contributed by atoms with van der Waals surface area (Å²) in [6.07, 6.45) is 3.08. The van der Waals surface area contributed by atoms with Crippen molar-refractivity contribution in [2.75, 3.05) is 13.1 Å². The third-order valence-electron chi connectivity index (χ3n) is 3.52. The van der Waals surface area contributed by atoms with E-state index in [1.165, 1.54) is 0 Å². The second-order valence-corrected chi connectivity index (χ2v) is 4.48. The molecule has 88 valence electrons. The minimum atomic E-state index is -0.669. The van der Waals surface area contributed by atoms with E-state index in [4.69, 9.17) is 4.42 Å². The normalized spacial score (nSPS) is 26.1. The first-order valence-corrected chi connectivity index (χ1v) is 5.64. The van der Waals surface area contributed by atoms with Gasteiger partial charge >= 0.3 is 5.97 Å². The van der Waals surface area contributed by atoms with Crippen LogP contribution in [0.25, 0.3) is 0 Å². The molecule has 1 unspecified atom stereocenters. The number of carboxylic acids is 1. The monoisotopic (exact) mass is 223 g/mol. The smallest absolute Gasteiger partial charge is 0.310 e. The quantitative estimate of drug-likeness (QED) is 0.847. The number of hydrogen-bond acceptors (Lipinski definition) is 3. The lowest BCUT2D eigenvalue weighted by atomic mass is 9.84. The average Bonchev–Trinajstić information content (AvgIpc) is 2.88. The summed E-state index contributed by atoms with van der Waals surface area (Å²) in [5, 5.41) is 9.26. The molecule has 1 fully saturated rings. The van der Waals surface area contributed by atoms with Crippen molar-refractivity contribution in [1.82, 2.24) is 4.90 Å². The molecule has 2 heterocycles. The van der Waals surface area contributed by atoms with Crippen LogP contribution in [0.5, 0.6) is 0 Å². The van der Waals surface area contributed by atoms with E-state index in [1.807, 2.05) is 19.1 Å². The van der Waals surface area contributed by atoms with Gasteiger partial charge in [0.1, 0.15) is 5.76 Å². The van der Waals surface area contributed by atoms with Gasteiger partial charge in [-0.05, 0) is 31.5 Å². The number of rotatable bonds is 4. The Bertz CT molecular complexity index is 360. The van der Waals surface area contributed by atoms with Crippen LogP contribution in [-0.2, 0) is 11.3 Å². The van der Waals surface area contributed by atoms with Gasteiger partial charge in [-0.1, -0.05) is 6.92 Å². The third-order valence-corrected chi connectivity index (χ3v) is 3.52. The fraction of sp³-hybridized carbons (Fsp3) is 0.583. The lowest BCUT2D eigenvalue weighted by Gasteiger charge is -2.22. The van der Waals surface area contributed by atoms with Crippen molar-refractivity contribution in [3.05, 3.63) is 24.2 Å². The predicted octanol–water partition coefficient (Wildman–Crippen LogP) is 1.97. The lowest BCUT2D eigenvalue weighted by Crippen LogP contribution is -2.33. The van der Waals surface area contributed by atoms with Crippen molar-refractivity contribution >= 4 is 5.97 Å². The number of carbonyl (C=O) groups is 1. The first kappa shape index (κ1) is 11.2. The van der Waals surface area contributed by atoms with Crippen molar-refractivity contribution in [1.29, 1.82) is 0 Å². The Hall–Kier alpha value is -1.29. The Morgan fingerprint density at radius 1 is 1.69 bits per heavy atom. The van der Waals surface area contributed by atoms with Gasteiger partial charge in [-0.2, -0.15) is 0 Å². The Balaban J connectivity index is 1.99. The van der Waals surface area contributed by atoms with Crippen molar-refractivity contribution in [3.63, 3.8) is 0 Å². The Morgan fingerprint density at radius 3 is 3.00 bits per heavy atom. The highest BCUT2D eigenvalue weighted by Crippen LogP contribution is 2.34. The van der Waals surface area contributed by atoms with Gasteiger partial charge in [0.25, 0.3) is 0 Å². The minimum absolute atomic E-state index is 0.549. The summed E-state index contributed by atoms with van der Waals surface area (Å²) >= 11 is 0. The van der Waals surface area contributed by atoms with Gasteiger partial charge in [0.2, 0.25) is 0 Å².